The number of aromatic nitrogens is 1. The quantitative estimate of drug-likeness (QED) is 0.728. The number of nitrogens with one attached hydrogen (secondary N) is 1. The number of thiazole rings is 1. The van der Waals surface area contributed by atoms with Crippen LogP contribution in [0.25, 0.3) is 6.08 Å². The van der Waals surface area contributed by atoms with Crippen LogP contribution in [0.3, 0.4) is 0 Å². The largest absolute Gasteiger partial charge is 0.484 e. The highest BCUT2D eigenvalue weighted by Crippen LogP contribution is 2.13. The second kappa shape index (κ2) is 7.59. The van der Waals surface area contributed by atoms with E-state index >= 15 is 0 Å². The molecule has 0 spiro atoms. The van der Waals surface area contributed by atoms with Gasteiger partial charge in [-0.1, -0.05) is 41.7 Å². The first-order valence-corrected chi connectivity index (χ1v) is 9.34. The maximum atomic E-state index is 12.3. The number of anilines is 1. The number of para-hydroxylation sites is 1. The minimum atomic E-state index is -0.221. The average Bonchev–Trinajstić information content (AvgIpc) is 3.25. The molecule has 1 aliphatic rings. The Balaban J connectivity index is 1.40. The summed E-state index contributed by atoms with van der Waals surface area (Å²) in [5, 5.41) is 2.77. The van der Waals surface area contributed by atoms with Gasteiger partial charge in [-0.3, -0.25) is 19.1 Å². The molecule has 0 aliphatic carbocycles. The van der Waals surface area contributed by atoms with E-state index in [0.717, 1.165) is 16.1 Å². The highest BCUT2D eigenvalue weighted by atomic mass is 32.1. The first-order valence-electron chi connectivity index (χ1n) is 8.53. The van der Waals surface area contributed by atoms with Crippen molar-refractivity contribution in [3.63, 3.8) is 0 Å². The molecule has 1 amide bonds. The lowest BCUT2D eigenvalue weighted by atomic mass is 10.2. The van der Waals surface area contributed by atoms with E-state index in [2.05, 4.69) is 10.3 Å². The number of carbonyl (C=O) groups is 1. The predicted molar refractivity (Wildman–Crippen MR) is 105 cm³/mol. The standard InChI is InChI=1S/C20H17N3O3S/c24-18(22-15-4-2-1-3-5-15)13-26-16-8-6-14(7-9-16)12-17-19(25)23-11-10-21-20(23)27-17/h1-9,12H,10-11,13H2,(H,22,24). The van der Waals surface area contributed by atoms with Gasteiger partial charge in [0.05, 0.1) is 11.1 Å². The molecule has 0 atom stereocenters. The zero-order chi connectivity index (χ0) is 18.6. The zero-order valence-electron chi connectivity index (χ0n) is 14.4. The molecule has 1 aromatic heterocycles. The molecule has 136 valence electrons. The number of rotatable bonds is 5. The second-order valence-corrected chi connectivity index (χ2v) is 7.01. The van der Waals surface area contributed by atoms with E-state index in [9.17, 15) is 9.59 Å². The Kier molecular flexibility index (Phi) is 4.84. The van der Waals surface area contributed by atoms with Crippen molar-refractivity contribution >= 4 is 29.0 Å². The third-order valence-corrected chi connectivity index (χ3v) is 5.11. The van der Waals surface area contributed by atoms with Crippen LogP contribution in [-0.2, 0) is 11.3 Å². The Morgan fingerprint density at radius 3 is 2.70 bits per heavy atom. The SMILES string of the molecule is O=C(COc1ccc(C=c2sc3n(c2=O)CCN=3)cc1)Nc1ccccc1. The summed E-state index contributed by atoms with van der Waals surface area (Å²) >= 11 is 1.41. The fourth-order valence-electron chi connectivity index (χ4n) is 2.75. The monoisotopic (exact) mass is 379 g/mol. The molecule has 0 unspecified atom stereocenters. The van der Waals surface area contributed by atoms with Gasteiger partial charge in [0.2, 0.25) is 0 Å². The fourth-order valence-corrected chi connectivity index (χ4v) is 3.78. The van der Waals surface area contributed by atoms with E-state index < -0.39 is 0 Å². The Hall–Kier alpha value is -3.19. The van der Waals surface area contributed by atoms with Crippen LogP contribution in [0.5, 0.6) is 5.75 Å². The highest BCUT2D eigenvalue weighted by molar-refractivity contribution is 7.07. The van der Waals surface area contributed by atoms with E-state index in [4.69, 9.17) is 4.74 Å². The molecular formula is C20H17N3O3S. The molecule has 0 fully saturated rings. The predicted octanol–water partition coefficient (Wildman–Crippen LogP) is 1.39. The number of carbonyl (C=O) groups excluding carboxylic acids is 1. The number of hydrogen-bond donors (Lipinski definition) is 1. The van der Waals surface area contributed by atoms with E-state index in [-0.39, 0.29) is 18.1 Å². The Morgan fingerprint density at radius 2 is 1.96 bits per heavy atom. The van der Waals surface area contributed by atoms with Crippen molar-refractivity contribution < 1.29 is 9.53 Å². The van der Waals surface area contributed by atoms with Crippen molar-refractivity contribution in [2.75, 3.05) is 18.5 Å². The van der Waals surface area contributed by atoms with E-state index in [1.807, 2.05) is 48.5 Å². The van der Waals surface area contributed by atoms with E-state index in [1.165, 1.54) is 11.3 Å². The first-order chi connectivity index (χ1) is 13.2. The number of ether oxygens (including phenoxy) is 1. The molecule has 0 radical (unpaired) electrons. The summed E-state index contributed by atoms with van der Waals surface area (Å²) in [7, 11) is 0. The molecule has 7 heteroatoms. The number of amides is 1. The number of hydrogen-bond acceptors (Lipinski definition) is 5. The van der Waals surface area contributed by atoms with Gasteiger partial charge in [0.1, 0.15) is 5.75 Å². The second-order valence-electron chi connectivity index (χ2n) is 6.00. The van der Waals surface area contributed by atoms with Gasteiger partial charge in [0, 0.05) is 12.2 Å². The van der Waals surface area contributed by atoms with Gasteiger partial charge in [-0.15, -0.1) is 0 Å². The lowest BCUT2D eigenvalue weighted by Gasteiger charge is -2.07. The van der Waals surface area contributed by atoms with Crippen molar-refractivity contribution in [2.24, 2.45) is 4.99 Å². The third kappa shape index (κ3) is 3.98. The Bertz CT molecular complexity index is 1130. The summed E-state index contributed by atoms with van der Waals surface area (Å²) in [4.78, 5) is 29.3. The summed E-state index contributed by atoms with van der Waals surface area (Å²) in [5.41, 5.74) is 1.64. The van der Waals surface area contributed by atoms with Crippen LogP contribution in [0.4, 0.5) is 5.69 Å². The molecule has 2 aromatic carbocycles. The van der Waals surface area contributed by atoms with Gasteiger partial charge in [0.15, 0.2) is 11.4 Å². The molecule has 27 heavy (non-hydrogen) atoms. The van der Waals surface area contributed by atoms with Crippen molar-refractivity contribution in [2.45, 2.75) is 6.54 Å². The smallest absolute Gasteiger partial charge is 0.270 e. The van der Waals surface area contributed by atoms with Gasteiger partial charge in [0.25, 0.3) is 11.5 Å². The molecule has 1 aliphatic heterocycles. The van der Waals surface area contributed by atoms with Crippen molar-refractivity contribution in [1.29, 1.82) is 0 Å². The lowest BCUT2D eigenvalue weighted by molar-refractivity contribution is -0.118. The lowest BCUT2D eigenvalue weighted by Crippen LogP contribution is -2.29. The Morgan fingerprint density at radius 1 is 1.19 bits per heavy atom. The Labute approximate surface area is 159 Å². The fraction of sp³-hybridized carbons (Fsp3) is 0.150. The third-order valence-electron chi connectivity index (χ3n) is 4.06. The zero-order valence-corrected chi connectivity index (χ0v) is 15.2. The maximum Gasteiger partial charge on any atom is 0.270 e. The molecule has 1 N–H and O–H groups in total. The minimum Gasteiger partial charge on any atom is -0.484 e. The van der Waals surface area contributed by atoms with Crippen LogP contribution >= 0.6 is 11.3 Å². The molecule has 0 bridgehead atoms. The van der Waals surface area contributed by atoms with Gasteiger partial charge in [-0.2, -0.15) is 0 Å². The van der Waals surface area contributed by atoms with Gasteiger partial charge >= 0.3 is 0 Å². The topological polar surface area (TPSA) is 72.7 Å². The number of fused-ring (bicyclic) bond motifs is 1. The summed E-state index contributed by atoms with van der Waals surface area (Å²) in [6.45, 7) is 1.28. The van der Waals surface area contributed by atoms with Gasteiger partial charge in [-0.05, 0) is 35.9 Å². The number of nitrogens with zero attached hydrogens (tertiary/aromatic N) is 2. The van der Waals surface area contributed by atoms with Crippen molar-refractivity contribution in [1.82, 2.24) is 4.57 Å². The van der Waals surface area contributed by atoms with Crippen LogP contribution in [0.15, 0.2) is 64.4 Å². The van der Waals surface area contributed by atoms with E-state index in [0.29, 0.717) is 23.4 Å². The first kappa shape index (κ1) is 17.2. The molecule has 0 saturated carbocycles. The van der Waals surface area contributed by atoms with Crippen LogP contribution < -0.4 is 24.9 Å². The van der Waals surface area contributed by atoms with Crippen LogP contribution in [0.2, 0.25) is 0 Å². The van der Waals surface area contributed by atoms with Crippen molar-refractivity contribution in [3.05, 3.63) is 79.8 Å². The summed E-state index contributed by atoms with van der Waals surface area (Å²) in [6.07, 6.45) is 1.85. The van der Waals surface area contributed by atoms with Crippen molar-refractivity contribution in [3.8, 4) is 5.75 Å². The number of benzene rings is 2. The minimum absolute atomic E-state index is 0.00848. The maximum absolute atomic E-state index is 12.3. The highest BCUT2D eigenvalue weighted by Gasteiger charge is 2.09. The van der Waals surface area contributed by atoms with Crippen LogP contribution in [0, 0.1) is 0 Å². The van der Waals surface area contributed by atoms with Gasteiger partial charge in [-0.25, -0.2) is 0 Å². The molecule has 2 heterocycles. The molecule has 0 saturated heterocycles. The van der Waals surface area contributed by atoms with Crippen LogP contribution in [0.1, 0.15) is 5.56 Å². The van der Waals surface area contributed by atoms with Gasteiger partial charge < -0.3 is 10.1 Å². The summed E-state index contributed by atoms with van der Waals surface area (Å²) in [6, 6.07) is 16.5. The van der Waals surface area contributed by atoms with Crippen LogP contribution in [-0.4, -0.2) is 23.6 Å². The molecule has 4 rings (SSSR count). The molecule has 6 nitrogen and oxygen atoms in total. The molecular weight excluding hydrogens is 362 g/mol. The average molecular weight is 379 g/mol. The van der Waals surface area contributed by atoms with E-state index in [1.54, 1.807) is 16.7 Å². The normalized spacial score (nSPS) is 13.1. The molecule has 3 aromatic rings. The summed E-state index contributed by atoms with van der Waals surface area (Å²) in [5.74, 6) is 0.373. The summed E-state index contributed by atoms with van der Waals surface area (Å²) < 4.78 is 7.89.